The van der Waals surface area contributed by atoms with Gasteiger partial charge in [0.15, 0.2) is 0 Å². The highest BCUT2D eigenvalue weighted by atomic mass is 32.2. The first-order chi connectivity index (χ1) is 8.28. The van der Waals surface area contributed by atoms with Gasteiger partial charge in [-0.25, -0.2) is 4.98 Å². The third-order valence-electron chi connectivity index (χ3n) is 2.14. The molecule has 1 N–H and O–H groups in total. The lowest BCUT2D eigenvalue weighted by Gasteiger charge is -2.04. The average molecular weight is 265 g/mol. The van der Waals surface area contributed by atoms with Gasteiger partial charge in [-0.2, -0.15) is 0 Å². The van der Waals surface area contributed by atoms with Gasteiger partial charge in [0.1, 0.15) is 4.34 Å². The molecule has 3 nitrogen and oxygen atoms in total. The Morgan fingerprint density at radius 3 is 3.06 bits per heavy atom. The van der Waals surface area contributed by atoms with Crippen molar-refractivity contribution in [1.29, 1.82) is 0 Å². The summed E-state index contributed by atoms with van der Waals surface area (Å²) < 4.78 is 1.11. The lowest BCUT2D eigenvalue weighted by Crippen LogP contribution is -1.97. The molecule has 2 heterocycles. The number of anilines is 1. The number of aromatic nitrogens is 2. The molecule has 0 radical (unpaired) electrons. The van der Waals surface area contributed by atoms with Crippen LogP contribution in [0.3, 0.4) is 0 Å². The first kappa shape index (κ1) is 12.4. The van der Waals surface area contributed by atoms with Gasteiger partial charge in [-0.05, 0) is 26.0 Å². The molecule has 0 fully saturated rings. The maximum Gasteiger partial charge on any atom is 0.150 e. The number of aryl methyl sites for hydroxylation is 1. The Labute approximate surface area is 110 Å². The number of hydrogen-bond acceptors (Lipinski definition) is 5. The quantitative estimate of drug-likeness (QED) is 0.839. The highest BCUT2D eigenvalue weighted by molar-refractivity contribution is 8.00. The zero-order valence-electron chi connectivity index (χ0n) is 9.93. The Morgan fingerprint density at radius 1 is 1.47 bits per heavy atom. The molecular weight excluding hydrogens is 250 g/mol. The largest absolute Gasteiger partial charge is 0.385 e. The van der Waals surface area contributed by atoms with E-state index in [1.807, 2.05) is 19.2 Å². The summed E-state index contributed by atoms with van der Waals surface area (Å²) in [5.41, 5.74) is 3.31. The fourth-order valence-corrected chi connectivity index (χ4v) is 3.16. The van der Waals surface area contributed by atoms with Crippen LogP contribution in [0.5, 0.6) is 0 Å². The van der Waals surface area contributed by atoms with Crippen LogP contribution in [0.2, 0.25) is 0 Å². The lowest BCUT2D eigenvalue weighted by atomic mass is 10.3. The number of pyridine rings is 1. The summed E-state index contributed by atoms with van der Waals surface area (Å²) in [6.45, 7) is 5.04. The number of hydrogen-bond donors (Lipinski definition) is 1. The van der Waals surface area contributed by atoms with Crippen molar-refractivity contribution >= 4 is 28.8 Å². The molecule has 2 aromatic heterocycles. The molecular formula is C12H15N3S2. The van der Waals surface area contributed by atoms with Crippen molar-refractivity contribution in [2.24, 2.45) is 0 Å². The van der Waals surface area contributed by atoms with Gasteiger partial charge in [-0.1, -0.05) is 11.8 Å². The lowest BCUT2D eigenvalue weighted by molar-refractivity contribution is 1.13. The molecule has 0 aliphatic rings. The second kappa shape index (κ2) is 6.02. The van der Waals surface area contributed by atoms with E-state index in [0.29, 0.717) is 0 Å². The van der Waals surface area contributed by atoms with E-state index in [0.717, 1.165) is 33.7 Å². The van der Waals surface area contributed by atoms with E-state index in [9.17, 15) is 0 Å². The number of thioether (sulfide) groups is 1. The van der Waals surface area contributed by atoms with Crippen molar-refractivity contribution < 1.29 is 0 Å². The summed E-state index contributed by atoms with van der Waals surface area (Å²) in [6.07, 6.45) is 1.85. The standard InChI is InChI=1S/C12H15N3S2/c1-3-13-10-4-5-14-11(6-10)8-17-12-15-9(2)7-16-12/h4-7H,3,8H2,1-2H3,(H,13,14). The van der Waals surface area contributed by atoms with Crippen molar-refractivity contribution in [3.05, 3.63) is 35.1 Å². The summed E-state index contributed by atoms with van der Waals surface area (Å²) in [7, 11) is 0. The van der Waals surface area contributed by atoms with Crippen LogP contribution >= 0.6 is 23.1 Å². The smallest absolute Gasteiger partial charge is 0.150 e. The minimum atomic E-state index is 0.867. The van der Waals surface area contributed by atoms with Crippen LogP contribution in [0.25, 0.3) is 0 Å². The molecule has 0 spiro atoms. The molecule has 0 saturated carbocycles. The molecule has 2 aromatic rings. The zero-order chi connectivity index (χ0) is 12.1. The SMILES string of the molecule is CCNc1ccnc(CSc2nc(C)cs2)c1. The number of nitrogens with one attached hydrogen (secondary N) is 1. The van der Waals surface area contributed by atoms with Gasteiger partial charge in [0.05, 0.1) is 5.69 Å². The fraction of sp³-hybridized carbons (Fsp3) is 0.333. The molecule has 90 valence electrons. The topological polar surface area (TPSA) is 37.8 Å². The average Bonchev–Trinajstić information content (AvgIpc) is 2.74. The Morgan fingerprint density at radius 2 is 2.35 bits per heavy atom. The van der Waals surface area contributed by atoms with Crippen molar-refractivity contribution in [1.82, 2.24) is 9.97 Å². The minimum absolute atomic E-state index is 0.867. The zero-order valence-corrected chi connectivity index (χ0v) is 11.6. The van der Waals surface area contributed by atoms with Gasteiger partial charge in [-0.15, -0.1) is 11.3 Å². The van der Waals surface area contributed by atoms with E-state index in [4.69, 9.17) is 0 Å². The van der Waals surface area contributed by atoms with E-state index in [-0.39, 0.29) is 0 Å². The maximum atomic E-state index is 4.42. The number of rotatable bonds is 5. The first-order valence-electron chi connectivity index (χ1n) is 5.51. The monoisotopic (exact) mass is 265 g/mol. The van der Waals surface area contributed by atoms with Crippen molar-refractivity contribution in [2.45, 2.75) is 23.9 Å². The highest BCUT2D eigenvalue weighted by Crippen LogP contribution is 2.25. The van der Waals surface area contributed by atoms with Gasteiger partial charge in [0, 0.05) is 35.3 Å². The van der Waals surface area contributed by atoms with E-state index in [1.54, 1.807) is 23.1 Å². The van der Waals surface area contributed by atoms with Crippen LogP contribution in [0.15, 0.2) is 28.0 Å². The van der Waals surface area contributed by atoms with Crippen molar-refractivity contribution in [2.75, 3.05) is 11.9 Å². The summed E-state index contributed by atoms with van der Waals surface area (Å²) in [6, 6.07) is 4.09. The fourth-order valence-electron chi connectivity index (χ4n) is 1.41. The maximum absolute atomic E-state index is 4.42. The second-order valence-corrected chi connectivity index (χ2v) is 5.69. The molecule has 0 aliphatic carbocycles. The molecule has 2 rings (SSSR count). The Balaban J connectivity index is 1.96. The Bertz CT molecular complexity index is 482. The third-order valence-corrected chi connectivity index (χ3v) is 4.31. The predicted octanol–water partition coefficient (Wildman–Crippen LogP) is 3.57. The third kappa shape index (κ3) is 3.71. The summed E-state index contributed by atoms with van der Waals surface area (Å²) in [5.74, 6) is 0.867. The molecule has 0 bridgehead atoms. The molecule has 0 unspecified atom stereocenters. The van der Waals surface area contributed by atoms with E-state index in [2.05, 4.69) is 33.7 Å². The van der Waals surface area contributed by atoms with Crippen molar-refractivity contribution in [3.63, 3.8) is 0 Å². The highest BCUT2D eigenvalue weighted by Gasteiger charge is 2.02. The molecule has 0 amide bonds. The minimum Gasteiger partial charge on any atom is -0.385 e. The predicted molar refractivity (Wildman–Crippen MR) is 74.8 cm³/mol. The molecule has 0 aliphatic heterocycles. The Hall–Kier alpha value is -1.07. The molecule has 5 heteroatoms. The van der Waals surface area contributed by atoms with Crippen LogP contribution in [0, 0.1) is 6.92 Å². The van der Waals surface area contributed by atoms with E-state index < -0.39 is 0 Å². The molecule has 0 atom stereocenters. The van der Waals surface area contributed by atoms with Gasteiger partial charge in [-0.3, -0.25) is 4.98 Å². The van der Waals surface area contributed by atoms with Gasteiger partial charge in [0.2, 0.25) is 0 Å². The first-order valence-corrected chi connectivity index (χ1v) is 7.38. The van der Waals surface area contributed by atoms with Crippen LogP contribution in [-0.2, 0) is 5.75 Å². The Kier molecular flexibility index (Phi) is 4.39. The van der Waals surface area contributed by atoms with E-state index >= 15 is 0 Å². The summed E-state index contributed by atoms with van der Waals surface area (Å²) >= 11 is 3.43. The summed E-state index contributed by atoms with van der Waals surface area (Å²) in [4.78, 5) is 8.78. The summed E-state index contributed by atoms with van der Waals surface area (Å²) in [5, 5.41) is 5.36. The van der Waals surface area contributed by atoms with Gasteiger partial charge < -0.3 is 5.32 Å². The van der Waals surface area contributed by atoms with Crippen LogP contribution < -0.4 is 5.32 Å². The van der Waals surface area contributed by atoms with Crippen LogP contribution in [0.4, 0.5) is 5.69 Å². The van der Waals surface area contributed by atoms with Crippen LogP contribution in [0.1, 0.15) is 18.3 Å². The van der Waals surface area contributed by atoms with E-state index in [1.165, 1.54) is 0 Å². The molecule has 0 saturated heterocycles. The van der Waals surface area contributed by atoms with Crippen molar-refractivity contribution in [3.8, 4) is 0 Å². The normalized spacial score (nSPS) is 10.5. The van der Waals surface area contributed by atoms with Crippen LogP contribution in [-0.4, -0.2) is 16.5 Å². The van der Waals surface area contributed by atoms with Gasteiger partial charge >= 0.3 is 0 Å². The second-order valence-electron chi connectivity index (χ2n) is 3.61. The molecule has 0 aromatic carbocycles. The van der Waals surface area contributed by atoms with Gasteiger partial charge in [0.25, 0.3) is 0 Å². The molecule has 17 heavy (non-hydrogen) atoms. The number of nitrogens with zero attached hydrogens (tertiary/aromatic N) is 2. The number of thiazole rings is 1.